The van der Waals surface area contributed by atoms with Gasteiger partial charge in [0.1, 0.15) is 0 Å². The molecule has 1 aliphatic rings. The van der Waals surface area contributed by atoms with E-state index in [9.17, 15) is 4.79 Å². The summed E-state index contributed by atoms with van der Waals surface area (Å²) in [4.78, 5) is 11.9. The summed E-state index contributed by atoms with van der Waals surface area (Å²) in [6, 6.07) is 4.01. The Morgan fingerprint density at radius 2 is 2.28 bits per heavy atom. The van der Waals surface area contributed by atoms with Crippen LogP contribution in [0, 0.1) is 0 Å². The molecular formula is C14H22N2O2. The van der Waals surface area contributed by atoms with Gasteiger partial charge in [0.25, 0.3) is 5.56 Å². The number of methoxy groups -OCH3 is 1. The van der Waals surface area contributed by atoms with Crippen molar-refractivity contribution in [3.05, 3.63) is 33.7 Å². The minimum atomic E-state index is 0.122. The number of aryl methyl sites for hydroxylation is 1. The third-order valence-corrected chi connectivity index (χ3v) is 3.49. The Bertz CT molecular complexity index is 454. The van der Waals surface area contributed by atoms with Gasteiger partial charge in [0.15, 0.2) is 0 Å². The van der Waals surface area contributed by atoms with E-state index in [2.05, 4.69) is 12.2 Å². The first-order valence-electron chi connectivity index (χ1n) is 6.66. The average Bonchev–Trinajstić information content (AvgIpc) is 2.80. The van der Waals surface area contributed by atoms with E-state index in [0.717, 1.165) is 25.9 Å². The molecule has 1 atom stereocenters. The van der Waals surface area contributed by atoms with E-state index in [4.69, 9.17) is 4.74 Å². The van der Waals surface area contributed by atoms with Crippen molar-refractivity contribution in [3.8, 4) is 0 Å². The van der Waals surface area contributed by atoms with E-state index < -0.39 is 0 Å². The minimum Gasteiger partial charge on any atom is -0.383 e. The van der Waals surface area contributed by atoms with Gasteiger partial charge in [-0.3, -0.25) is 4.79 Å². The van der Waals surface area contributed by atoms with E-state index in [1.54, 1.807) is 13.2 Å². The predicted octanol–water partition coefficient (Wildman–Crippen LogP) is 0.961. The molecule has 0 saturated carbocycles. The fourth-order valence-electron chi connectivity index (χ4n) is 2.61. The molecule has 0 aromatic carbocycles. The van der Waals surface area contributed by atoms with E-state index in [0.29, 0.717) is 12.6 Å². The monoisotopic (exact) mass is 250 g/mol. The number of hydrogen-bond donors (Lipinski definition) is 1. The highest BCUT2D eigenvalue weighted by Crippen LogP contribution is 2.19. The van der Waals surface area contributed by atoms with Gasteiger partial charge in [-0.1, -0.05) is 6.07 Å². The van der Waals surface area contributed by atoms with Crippen LogP contribution in [0.25, 0.3) is 0 Å². The summed E-state index contributed by atoms with van der Waals surface area (Å²) in [5.41, 5.74) is 2.71. The lowest BCUT2D eigenvalue weighted by molar-refractivity contribution is 0.172. The second-order valence-electron chi connectivity index (χ2n) is 4.96. The van der Waals surface area contributed by atoms with E-state index in [-0.39, 0.29) is 5.56 Å². The van der Waals surface area contributed by atoms with Crippen LogP contribution in [0.1, 0.15) is 24.6 Å². The van der Waals surface area contributed by atoms with Crippen molar-refractivity contribution in [2.45, 2.75) is 38.8 Å². The van der Waals surface area contributed by atoms with Crippen molar-refractivity contribution in [3.63, 3.8) is 0 Å². The summed E-state index contributed by atoms with van der Waals surface area (Å²) < 4.78 is 7.00. The Morgan fingerprint density at radius 1 is 1.44 bits per heavy atom. The number of nitrogens with zero attached hydrogens (tertiary/aromatic N) is 1. The maximum absolute atomic E-state index is 11.9. The minimum absolute atomic E-state index is 0.122. The summed E-state index contributed by atoms with van der Waals surface area (Å²) in [5, 5.41) is 3.37. The van der Waals surface area contributed by atoms with Crippen LogP contribution in [0.15, 0.2) is 16.9 Å². The molecule has 0 radical (unpaired) electrons. The van der Waals surface area contributed by atoms with Crippen LogP contribution in [0.4, 0.5) is 0 Å². The summed E-state index contributed by atoms with van der Waals surface area (Å²) >= 11 is 0. The maximum Gasteiger partial charge on any atom is 0.250 e. The zero-order valence-electron chi connectivity index (χ0n) is 11.2. The summed E-state index contributed by atoms with van der Waals surface area (Å²) in [6.07, 6.45) is 3.33. The molecule has 1 N–H and O–H groups in total. The lowest BCUT2D eigenvalue weighted by atomic mass is 10.2. The van der Waals surface area contributed by atoms with Crippen LogP contribution in [0.5, 0.6) is 0 Å². The Morgan fingerprint density at radius 3 is 3.06 bits per heavy atom. The van der Waals surface area contributed by atoms with Crippen molar-refractivity contribution in [1.82, 2.24) is 9.88 Å². The van der Waals surface area contributed by atoms with Crippen LogP contribution in [0.3, 0.4) is 0 Å². The van der Waals surface area contributed by atoms with Crippen LogP contribution in [-0.2, 0) is 24.1 Å². The number of rotatable bonds is 6. The number of hydrogen-bond acceptors (Lipinski definition) is 3. The highest BCUT2D eigenvalue weighted by Gasteiger charge is 2.15. The normalized spacial score (nSPS) is 15.7. The molecule has 0 aliphatic heterocycles. The SMILES string of the molecule is COCC(C)NCCn1c2c(ccc1=O)CCC2. The largest absolute Gasteiger partial charge is 0.383 e. The zero-order chi connectivity index (χ0) is 13.0. The summed E-state index contributed by atoms with van der Waals surface area (Å²) in [7, 11) is 1.70. The fraction of sp³-hybridized carbons (Fsp3) is 0.643. The number of aromatic nitrogens is 1. The highest BCUT2D eigenvalue weighted by atomic mass is 16.5. The van der Waals surface area contributed by atoms with Gasteiger partial charge in [-0.25, -0.2) is 0 Å². The molecule has 4 nitrogen and oxygen atoms in total. The van der Waals surface area contributed by atoms with Crippen molar-refractivity contribution >= 4 is 0 Å². The molecule has 18 heavy (non-hydrogen) atoms. The molecule has 0 spiro atoms. The first kappa shape index (κ1) is 13.3. The number of nitrogens with one attached hydrogen (secondary N) is 1. The van der Waals surface area contributed by atoms with Gasteiger partial charge < -0.3 is 14.6 Å². The Labute approximate surface area is 108 Å². The first-order valence-corrected chi connectivity index (χ1v) is 6.66. The Kier molecular flexibility index (Phi) is 4.55. The van der Waals surface area contributed by atoms with Crippen molar-refractivity contribution in [2.24, 2.45) is 0 Å². The zero-order valence-corrected chi connectivity index (χ0v) is 11.2. The van der Waals surface area contributed by atoms with E-state index in [1.165, 1.54) is 17.7 Å². The topological polar surface area (TPSA) is 43.3 Å². The van der Waals surface area contributed by atoms with Gasteiger partial charge in [-0.15, -0.1) is 0 Å². The molecule has 1 aliphatic carbocycles. The third kappa shape index (κ3) is 3.00. The molecule has 0 bridgehead atoms. The van der Waals surface area contributed by atoms with Crippen LogP contribution in [-0.4, -0.2) is 30.9 Å². The molecule has 0 fully saturated rings. The predicted molar refractivity (Wildman–Crippen MR) is 72.1 cm³/mol. The van der Waals surface area contributed by atoms with Gasteiger partial charge in [-0.05, 0) is 31.7 Å². The fourth-order valence-corrected chi connectivity index (χ4v) is 2.61. The molecule has 0 saturated heterocycles. The van der Waals surface area contributed by atoms with Gasteiger partial charge in [0.2, 0.25) is 0 Å². The van der Waals surface area contributed by atoms with Gasteiger partial charge in [0, 0.05) is 38.0 Å². The molecule has 0 amide bonds. The van der Waals surface area contributed by atoms with Gasteiger partial charge in [-0.2, -0.15) is 0 Å². The lowest BCUT2D eigenvalue weighted by Gasteiger charge is -2.15. The van der Waals surface area contributed by atoms with Crippen LogP contribution >= 0.6 is 0 Å². The van der Waals surface area contributed by atoms with E-state index >= 15 is 0 Å². The smallest absolute Gasteiger partial charge is 0.250 e. The van der Waals surface area contributed by atoms with Crippen LogP contribution < -0.4 is 10.9 Å². The van der Waals surface area contributed by atoms with Crippen LogP contribution in [0.2, 0.25) is 0 Å². The molecular weight excluding hydrogens is 228 g/mol. The molecule has 4 heteroatoms. The molecule has 100 valence electrons. The molecule has 1 unspecified atom stereocenters. The van der Waals surface area contributed by atoms with Crippen molar-refractivity contribution in [1.29, 1.82) is 0 Å². The first-order chi connectivity index (χ1) is 8.72. The number of pyridine rings is 1. The Balaban J connectivity index is 1.97. The van der Waals surface area contributed by atoms with Crippen molar-refractivity contribution in [2.75, 3.05) is 20.3 Å². The number of fused-ring (bicyclic) bond motifs is 1. The number of ether oxygens (including phenoxy) is 1. The second-order valence-corrected chi connectivity index (χ2v) is 4.96. The molecule has 1 heterocycles. The summed E-state index contributed by atoms with van der Waals surface area (Å²) in [6.45, 7) is 4.33. The average molecular weight is 250 g/mol. The lowest BCUT2D eigenvalue weighted by Crippen LogP contribution is -2.35. The van der Waals surface area contributed by atoms with E-state index in [1.807, 2.05) is 10.6 Å². The third-order valence-electron chi connectivity index (χ3n) is 3.49. The quantitative estimate of drug-likeness (QED) is 0.818. The summed E-state index contributed by atoms with van der Waals surface area (Å²) in [5.74, 6) is 0. The molecule has 1 aromatic rings. The standard InChI is InChI=1S/C14H22N2O2/c1-11(10-18-2)15-8-9-16-13-5-3-4-12(13)6-7-14(16)17/h6-7,11,15H,3-5,8-10H2,1-2H3. The van der Waals surface area contributed by atoms with Crippen molar-refractivity contribution < 1.29 is 4.74 Å². The second kappa shape index (κ2) is 6.16. The molecule has 2 rings (SSSR count). The highest BCUT2D eigenvalue weighted by molar-refractivity contribution is 5.25. The van der Waals surface area contributed by atoms with Gasteiger partial charge in [0.05, 0.1) is 6.61 Å². The Hall–Kier alpha value is -1.13. The molecule has 1 aromatic heterocycles. The maximum atomic E-state index is 11.9. The van der Waals surface area contributed by atoms with Gasteiger partial charge >= 0.3 is 0 Å².